The maximum atomic E-state index is 11.4. The third-order valence-corrected chi connectivity index (χ3v) is 6.94. The Labute approximate surface area is 269 Å². The molecule has 3 aromatic rings. The molecule has 0 saturated heterocycles. The maximum absolute atomic E-state index is 11.4. The van der Waals surface area contributed by atoms with Gasteiger partial charge >= 0.3 is 5.97 Å². The van der Waals surface area contributed by atoms with E-state index in [-0.39, 0.29) is 18.9 Å². The van der Waals surface area contributed by atoms with E-state index in [2.05, 4.69) is 62.2 Å². The molecular formula is C35H39ClN2O7. The van der Waals surface area contributed by atoms with E-state index in [1.54, 1.807) is 13.0 Å². The summed E-state index contributed by atoms with van der Waals surface area (Å²) in [6, 6.07) is 22.9. The summed E-state index contributed by atoms with van der Waals surface area (Å²) in [5.74, 6) is 0.599. The Balaban J connectivity index is 0.000000610. The quantitative estimate of drug-likeness (QED) is 0.0475. The maximum Gasteiger partial charge on any atom is 0.330 e. The molecule has 4 rings (SSSR count). The number of esters is 1. The minimum Gasteiger partial charge on any atom is -0.489 e. The van der Waals surface area contributed by atoms with Crippen LogP contribution in [0.4, 0.5) is 11.4 Å². The van der Waals surface area contributed by atoms with Crippen molar-refractivity contribution < 1.29 is 33.3 Å². The zero-order chi connectivity index (χ0) is 32.1. The van der Waals surface area contributed by atoms with E-state index in [0.717, 1.165) is 67.6 Å². The van der Waals surface area contributed by atoms with E-state index < -0.39 is 0 Å². The van der Waals surface area contributed by atoms with Crippen molar-refractivity contribution in [3.8, 4) is 5.75 Å². The van der Waals surface area contributed by atoms with Crippen LogP contribution in [0.2, 0.25) is 5.02 Å². The van der Waals surface area contributed by atoms with Gasteiger partial charge in [-0.05, 0) is 86.2 Å². The van der Waals surface area contributed by atoms with Gasteiger partial charge in [0.05, 0.1) is 6.61 Å². The van der Waals surface area contributed by atoms with Crippen molar-refractivity contribution in [3.63, 3.8) is 0 Å². The van der Waals surface area contributed by atoms with Gasteiger partial charge < -0.3 is 29.2 Å². The topological polar surface area (TPSA) is 103 Å². The van der Waals surface area contributed by atoms with Crippen LogP contribution in [0, 0.1) is 0 Å². The average molecular weight is 635 g/mol. The summed E-state index contributed by atoms with van der Waals surface area (Å²) < 4.78 is 19.0. The molecule has 3 aromatic carbocycles. The number of hydrogen-bond acceptors (Lipinski definition) is 9. The first-order valence-electron chi connectivity index (χ1n) is 14.8. The van der Waals surface area contributed by atoms with Crippen LogP contribution in [0.1, 0.15) is 36.5 Å². The normalized spacial score (nSPS) is 11.9. The summed E-state index contributed by atoms with van der Waals surface area (Å²) in [7, 11) is 0. The first-order valence-corrected chi connectivity index (χ1v) is 15.2. The third-order valence-electron chi connectivity index (χ3n) is 6.70. The van der Waals surface area contributed by atoms with Gasteiger partial charge in [0.2, 0.25) is 0 Å². The second kappa shape index (κ2) is 20.4. The summed E-state index contributed by atoms with van der Waals surface area (Å²) in [5.41, 5.74) is 6.17. The lowest BCUT2D eigenvalue weighted by Gasteiger charge is -2.27. The molecule has 238 valence electrons. The number of carbonyl (C=O) groups excluding carboxylic acids is 3. The molecule has 1 heterocycles. The van der Waals surface area contributed by atoms with Crippen LogP contribution >= 0.6 is 11.6 Å². The molecule has 0 fully saturated rings. The average Bonchev–Trinajstić information content (AvgIpc) is 3.20. The first kappa shape index (κ1) is 34.9. The summed E-state index contributed by atoms with van der Waals surface area (Å²) >= 11 is 6.43. The molecule has 0 unspecified atom stereocenters. The van der Waals surface area contributed by atoms with E-state index in [9.17, 15) is 14.4 Å². The predicted molar refractivity (Wildman–Crippen MR) is 174 cm³/mol. The van der Waals surface area contributed by atoms with Gasteiger partial charge in [0.1, 0.15) is 24.9 Å². The second-order valence-corrected chi connectivity index (χ2v) is 10.2. The van der Waals surface area contributed by atoms with E-state index in [1.165, 1.54) is 28.6 Å². The fourth-order valence-corrected chi connectivity index (χ4v) is 4.84. The number of unbranched alkanes of at least 4 members (excludes halogenated alkanes) is 1. The predicted octanol–water partition coefficient (Wildman–Crippen LogP) is 6.45. The van der Waals surface area contributed by atoms with Crippen LogP contribution in [0.15, 0.2) is 91.4 Å². The summed E-state index contributed by atoms with van der Waals surface area (Å²) in [4.78, 5) is 32.5. The number of anilines is 2. The first-order chi connectivity index (χ1) is 22.0. The molecule has 0 amide bonds. The van der Waals surface area contributed by atoms with Crippen molar-refractivity contribution in [3.05, 3.63) is 113 Å². The van der Waals surface area contributed by atoms with E-state index in [4.69, 9.17) is 21.1 Å². The number of halogens is 1. The Morgan fingerprint density at radius 1 is 0.911 bits per heavy atom. The fourth-order valence-electron chi connectivity index (χ4n) is 4.67. The highest BCUT2D eigenvalue weighted by Crippen LogP contribution is 2.39. The van der Waals surface area contributed by atoms with Gasteiger partial charge in [-0.15, -0.1) is 0 Å². The van der Waals surface area contributed by atoms with Crippen molar-refractivity contribution in [2.45, 2.75) is 39.2 Å². The molecular weight excluding hydrogens is 596 g/mol. The minimum absolute atomic E-state index is 0.213. The Bertz CT molecular complexity index is 1400. The molecule has 0 spiro atoms. The number of nitrogens with zero attached hydrogens (tertiary/aromatic N) is 1. The van der Waals surface area contributed by atoms with Crippen molar-refractivity contribution in [1.29, 1.82) is 0 Å². The molecule has 0 saturated carbocycles. The summed E-state index contributed by atoms with van der Waals surface area (Å²) in [5, 5.41) is 4.12. The van der Waals surface area contributed by atoms with Crippen molar-refractivity contribution >= 4 is 41.9 Å². The van der Waals surface area contributed by atoms with Crippen LogP contribution in [0.5, 0.6) is 5.75 Å². The number of hydrogen-bond donors (Lipinski definition) is 1. The Kier molecular flexibility index (Phi) is 15.8. The molecule has 45 heavy (non-hydrogen) atoms. The van der Waals surface area contributed by atoms with Gasteiger partial charge in [-0.3, -0.25) is 9.59 Å². The Morgan fingerprint density at radius 2 is 1.67 bits per heavy atom. The van der Waals surface area contributed by atoms with Crippen molar-refractivity contribution in [2.75, 3.05) is 31.1 Å². The molecule has 1 aliphatic rings. The standard InChI is InChI=1S/C31H35ClN2O3.C4H4O4/c1-2-36-31(35)11-8-19-33-18-6-7-20-34-29-17-16-28(37-23-24-9-4-3-5-10-24)21-26(29)13-12-25-14-15-27(32)22-30(25)34;5-3-7-1-2-8-4-6/h3-5,8-11,14-17,21-22,33H,2,6-7,12-13,18-20,23H2,1H3;1-4H/b11-8+;2-1-. The molecule has 0 bridgehead atoms. The number of benzene rings is 3. The Morgan fingerprint density at radius 3 is 2.40 bits per heavy atom. The minimum atomic E-state index is -0.296. The largest absolute Gasteiger partial charge is 0.489 e. The molecule has 0 radical (unpaired) electrons. The van der Waals surface area contributed by atoms with E-state index in [1.807, 2.05) is 24.3 Å². The van der Waals surface area contributed by atoms with Gasteiger partial charge in [-0.2, -0.15) is 0 Å². The van der Waals surface area contributed by atoms with Gasteiger partial charge in [-0.25, -0.2) is 4.79 Å². The van der Waals surface area contributed by atoms with Crippen molar-refractivity contribution in [2.24, 2.45) is 0 Å². The number of fused-ring (bicyclic) bond motifs is 2. The van der Waals surface area contributed by atoms with Gasteiger partial charge in [0, 0.05) is 35.6 Å². The summed E-state index contributed by atoms with van der Waals surface area (Å²) in [6.07, 6.45) is 9.13. The summed E-state index contributed by atoms with van der Waals surface area (Å²) in [6.45, 7) is 5.60. The van der Waals surface area contributed by atoms with Gasteiger partial charge in [0.15, 0.2) is 0 Å². The molecule has 0 atom stereocenters. The SMILES string of the molecule is CCOC(=O)/C=C/CNCCCCN1c2ccc(OCc3ccccc3)cc2CCc2ccc(Cl)cc21.O=CO/C=C\OC=O. The molecule has 1 N–H and O–H groups in total. The second-order valence-electron chi connectivity index (χ2n) is 9.79. The zero-order valence-electron chi connectivity index (χ0n) is 25.4. The van der Waals surface area contributed by atoms with Crippen LogP contribution in [0.25, 0.3) is 0 Å². The van der Waals surface area contributed by atoms with E-state index in [0.29, 0.717) is 19.8 Å². The molecule has 0 aliphatic carbocycles. The van der Waals surface area contributed by atoms with Crippen molar-refractivity contribution in [1.82, 2.24) is 5.32 Å². The molecule has 9 nitrogen and oxygen atoms in total. The number of rotatable bonds is 16. The highest BCUT2D eigenvalue weighted by atomic mass is 35.5. The molecule has 1 aliphatic heterocycles. The fraction of sp³-hybridized carbons (Fsp3) is 0.286. The van der Waals surface area contributed by atoms with Crippen LogP contribution < -0.4 is 15.0 Å². The lowest BCUT2D eigenvalue weighted by atomic mass is 10.0. The van der Waals surface area contributed by atoms with Gasteiger partial charge in [0.25, 0.3) is 12.9 Å². The van der Waals surface area contributed by atoms with Crippen LogP contribution in [-0.2, 0) is 48.0 Å². The number of aryl methyl sites for hydroxylation is 2. The van der Waals surface area contributed by atoms with Crippen LogP contribution in [-0.4, -0.2) is 45.2 Å². The number of carbonyl (C=O) groups is 3. The molecule has 0 aromatic heterocycles. The zero-order valence-corrected chi connectivity index (χ0v) is 26.1. The highest BCUT2D eigenvalue weighted by Gasteiger charge is 2.21. The molecule has 10 heteroatoms. The smallest absolute Gasteiger partial charge is 0.330 e. The highest BCUT2D eigenvalue weighted by molar-refractivity contribution is 6.30. The lowest BCUT2D eigenvalue weighted by molar-refractivity contribution is -0.137. The Hall–Kier alpha value is -4.60. The number of nitrogens with one attached hydrogen (secondary N) is 1. The number of ether oxygens (including phenoxy) is 4. The lowest BCUT2D eigenvalue weighted by Crippen LogP contribution is -2.22. The van der Waals surface area contributed by atoms with Gasteiger partial charge in [-0.1, -0.05) is 54.1 Å². The van der Waals surface area contributed by atoms with E-state index >= 15 is 0 Å². The van der Waals surface area contributed by atoms with Crippen LogP contribution in [0.3, 0.4) is 0 Å². The third kappa shape index (κ3) is 12.5. The monoisotopic (exact) mass is 634 g/mol.